The predicted octanol–water partition coefficient (Wildman–Crippen LogP) is 2.12. The van der Waals surface area contributed by atoms with Gasteiger partial charge in [-0.1, -0.05) is 19.1 Å². The first kappa shape index (κ1) is 9.53. The molecule has 76 valence electrons. The highest BCUT2D eigenvalue weighted by molar-refractivity contribution is 5.27. The molecule has 2 N–H and O–H groups in total. The molecule has 0 amide bonds. The average molecular weight is 191 g/mol. The summed E-state index contributed by atoms with van der Waals surface area (Å²) < 4.78 is 5.61. The zero-order valence-corrected chi connectivity index (χ0v) is 8.62. The molecular weight excluding hydrogens is 174 g/mol. The summed E-state index contributed by atoms with van der Waals surface area (Å²) in [6, 6.07) is 8.24. The molecule has 1 aromatic rings. The number of benzene rings is 1. The number of aryl methyl sites for hydroxylation is 1. The number of rotatable bonds is 4. The van der Waals surface area contributed by atoms with Crippen molar-refractivity contribution in [2.45, 2.75) is 31.7 Å². The van der Waals surface area contributed by atoms with Crippen LogP contribution in [0.3, 0.4) is 0 Å². The van der Waals surface area contributed by atoms with Crippen LogP contribution in [0.15, 0.2) is 24.3 Å². The smallest absolute Gasteiger partial charge is 0.119 e. The number of ether oxygens (including phenoxy) is 1. The van der Waals surface area contributed by atoms with Gasteiger partial charge in [0.2, 0.25) is 0 Å². The van der Waals surface area contributed by atoms with E-state index < -0.39 is 0 Å². The van der Waals surface area contributed by atoms with E-state index >= 15 is 0 Å². The van der Waals surface area contributed by atoms with Crippen LogP contribution in [0.2, 0.25) is 0 Å². The third-order valence-corrected chi connectivity index (χ3v) is 2.75. The first-order valence-electron chi connectivity index (χ1n) is 5.22. The van der Waals surface area contributed by atoms with Crippen LogP contribution in [-0.4, -0.2) is 12.1 Å². The molecule has 0 atom stereocenters. The van der Waals surface area contributed by atoms with Crippen LogP contribution in [0, 0.1) is 0 Å². The van der Waals surface area contributed by atoms with Crippen molar-refractivity contribution in [1.82, 2.24) is 0 Å². The Labute approximate surface area is 85.1 Å². The third kappa shape index (κ3) is 2.26. The van der Waals surface area contributed by atoms with Gasteiger partial charge in [0, 0.05) is 0 Å². The molecule has 0 radical (unpaired) electrons. The molecule has 2 heteroatoms. The molecule has 0 aromatic heterocycles. The minimum Gasteiger partial charge on any atom is -0.492 e. The summed E-state index contributed by atoms with van der Waals surface area (Å²) in [5.41, 5.74) is 7.24. The molecule has 0 heterocycles. The molecule has 2 nitrogen and oxygen atoms in total. The Morgan fingerprint density at radius 1 is 1.29 bits per heavy atom. The highest BCUT2D eigenvalue weighted by atomic mass is 16.5. The van der Waals surface area contributed by atoms with Gasteiger partial charge in [0.25, 0.3) is 0 Å². The molecular formula is C12H17NO. The second kappa shape index (κ2) is 3.62. The van der Waals surface area contributed by atoms with Crippen molar-refractivity contribution in [2.75, 3.05) is 6.61 Å². The Morgan fingerprint density at radius 2 is 1.93 bits per heavy atom. The Kier molecular flexibility index (Phi) is 2.46. The van der Waals surface area contributed by atoms with Crippen molar-refractivity contribution < 1.29 is 4.74 Å². The number of nitrogens with two attached hydrogens (primary N) is 1. The monoisotopic (exact) mass is 191 g/mol. The quantitative estimate of drug-likeness (QED) is 0.791. The fourth-order valence-electron chi connectivity index (χ4n) is 1.35. The average Bonchev–Trinajstić information content (AvgIpc) is 2.95. The fraction of sp³-hybridized carbons (Fsp3) is 0.500. The first-order valence-corrected chi connectivity index (χ1v) is 5.22. The normalized spacial score (nSPS) is 17.9. The Balaban J connectivity index is 1.89. The van der Waals surface area contributed by atoms with E-state index in [0.717, 1.165) is 25.0 Å². The van der Waals surface area contributed by atoms with E-state index in [4.69, 9.17) is 10.5 Å². The van der Waals surface area contributed by atoms with Crippen LogP contribution in [0.25, 0.3) is 0 Å². The zero-order valence-electron chi connectivity index (χ0n) is 8.62. The van der Waals surface area contributed by atoms with E-state index in [1.54, 1.807) is 0 Å². The standard InChI is InChI=1S/C12H17NO/c1-2-10-3-5-11(6-4-10)14-9-12(13)7-8-12/h3-6H,2,7-9,13H2,1H3. The summed E-state index contributed by atoms with van der Waals surface area (Å²) in [6.07, 6.45) is 3.27. The van der Waals surface area contributed by atoms with Gasteiger partial charge in [0.15, 0.2) is 0 Å². The van der Waals surface area contributed by atoms with Crippen LogP contribution in [0.5, 0.6) is 5.75 Å². The minimum atomic E-state index is -0.0244. The lowest BCUT2D eigenvalue weighted by Crippen LogP contribution is -2.29. The van der Waals surface area contributed by atoms with Gasteiger partial charge in [0.1, 0.15) is 12.4 Å². The summed E-state index contributed by atoms with van der Waals surface area (Å²) >= 11 is 0. The summed E-state index contributed by atoms with van der Waals surface area (Å²) in [6.45, 7) is 2.80. The summed E-state index contributed by atoms with van der Waals surface area (Å²) in [5, 5.41) is 0. The number of hydrogen-bond donors (Lipinski definition) is 1. The van der Waals surface area contributed by atoms with Gasteiger partial charge >= 0.3 is 0 Å². The second-order valence-corrected chi connectivity index (χ2v) is 4.15. The Hall–Kier alpha value is -1.02. The molecule has 1 saturated carbocycles. The lowest BCUT2D eigenvalue weighted by molar-refractivity contribution is 0.279. The third-order valence-electron chi connectivity index (χ3n) is 2.75. The maximum atomic E-state index is 5.93. The molecule has 1 fully saturated rings. The highest BCUT2D eigenvalue weighted by Crippen LogP contribution is 2.32. The SMILES string of the molecule is CCc1ccc(OCC2(N)CC2)cc1. The van der Waals surface area contributed by atoms with Gasteiger partial charge in [-0.3, -0.25) is 0 Å². The largest absolute Gasteiger partial charge is 0.492 e. The van der Waals surface area contributed by atoms with E-state index in [1.807, 2.05) is 12.1 Å². The van der Waals surface area contributed by atoms with Crippen molar-refractivity contribution in [1.29, 1.82) is 0 Å². The summed E-state index contributed by atoms with van der Waals surface area (Å²) in [7, 11) is 0. The van der Waals surface area contributed by atoms with Gasteiger partial charge in [-0.25, -0.2) is 0 Å². The van der Waals surface area contributed by atoms with Crippen molar-refractivity contribution in [2.24, 2.45) is 5.73 Å². The van der Waals surface area contributed by atoms with E-state index in [1.165, 1.54) is 5.56 Å². The van der Waals surface area contributed by atoms with E-state index in [2.05, 4.69) is 19.1 Å². The lowest BCUT2D eigenvalue weighted by atomic mass is 10.2. The van der Waals surface area contributed by atoms with E-state index in [9.17, 15) is 0 Å². The maximum Gasteiger partial charge on any atom is 0.119 e. The van der Waals surface area contributed by atoms with Gasteiger partial charge in [0.05, 0.1) is 5.54 Å². The molecule has 1 aromatic carbocycles. The zero-order chi connectivity index (χ0) is 10.0. The molecule has 0 unspecified atom stereocenters. The fourth-order valence-corrected chi connectivity index (χ4v) is 1.35. The van der Waals surface area contributed by atoms with Crippen molar-refractivity contribution in [3.8, 4) is 5.75 Å². The molecule has 0 aliphatic heterocycles. The van der Waals surface area contributed by atoms with Crippen molar-refractivity contribution in [3.05, 3.63) is 29.8 Å². The topological polar surface area (TPSA) is 35.2 Å². The number of hydrogen-bond acceptors (Lipinski definition) is 2. The summed E-state index contributed by atoms with van der Waals surface area (Å²) in [5.74, 6) is 0.930. The van der Waals surface area contributed by atoms with Gasteiger partial charge in [-0.15, -0.1) is 0 Å². The maximum absolute atomic E-state index is 5.93. The molecule has 2 rings (SSSR count). The van der Waals surface area contributed by atoms with Crippen LogP contribution >= 0.6 is 0 Å². The lowest BCUT2D eigenvalue weighted by Gasteiger charge is -2.11. The van der Waals surface area contributed by atoms with Crippen molar-refractivity contribution >= 4 is 0 Å². The predicted molar refractivity (Wildman–Crippen MR) is 57.5 cm³/mol. The first-order chi connectivity index (χ1) is 6.72. The van der Waals surface area contributed by atoms with Gasteiger partial charge < -0.3 is 10.5 Å². The Bertz CT molecular complexity index is 301. The minimum absolute atomic E-state index is 0.0244. The van der Waals surface area contributed by atoms with Gasteiger partial charge in [-0.05, 0) is 37.0 Å². The molecule has 0 saturated heterocycles. The molecule has 1 aliphatic rings. The second-order valence-electron chi connectivity index (χ2n) is 4.15. The van der Waals surface area contributed by atoms with Gasteiger partial charge in [-0.2, -0.15) is 0 Å². The van der Waals surface area contributed by atoms with Crippen LogP contribution in [0.4, 0.5) is 0 Å². The highest BCUT2D eigenvalue weighted by Gasteiger charge is 2.39. The van der Waals surface area contributed by atoms with Crippen molar-refractivity contribution in [3.63, 3.8) is 0 Å². The molecule has 0 spiro atoms. The van der Waals surface area contributed by atoms with E-state index in [0.29, 0.717) is 6.61 Å². The summed E-state index contributed by atoms with van der Waals surface area (Å²) in [4.78, 5) is 0. The van der Waals surface area contributed by atoms with E-state index in [-0.39, 0.29) is 5.54 Å². The van der Waals surface area contributed by atoms with Crippen LogP contribution < -0.4 is 10.5 Å². The molecule has 14 heavy (non-hydrogen) atoms. The molecule has 1 aliphatic carbocycles. The van der Waals surface area contributed by atoms with Crippen LogP contribution in [0.1, 0.15) is 25.3 Å². The molecule has 0 bridgehead atoms. The Morgan fingerprint density at radius 3 is 2.43 bits per heavy atom. The van der Waals surface area contributed by atoms with Crippen LogP contribution in [-0.2, 0) is 6.42 Å².